The number of alkyl halides is 3. The minimum Gasteiger partial charge on any atom is -0.489 e. The molecule has 35 heavy (non-hydrogen) atoms. The maximum absolute atomic E-state index is 13.8. The minimum absolute atomic E-state index is 0.00261. The summed E-state index contributed by atoms with van der Waals surface area (Å²) in [4.78, 5) is 11.2. The molecular weight excluding hydrogens is 455 g/mol. The van der Waals surface area contributed by atoms with Crippen LogP contribution in [0.3, 0.4) is 0 Å². The van der Waals surface area contributed by atoms with Crippen LogP contribution in [0, 0.1) is 5.92 Å². The number of aliphatic carboxylic acids is 1. The van der Waals surface area contributed by atoms with Crippen LogP contribution in [0.1, 0.15) is 73.2 Å². The van der Waals surface area contributed by atoms with E-state index in [-0.39, 0.29) is 18.9 Å². The number of rotatable bonds is 7. The van der Waals surface area contributed by atoms with E-state index in [2.05, 4.69) is 4.57 Å². The van der Waals surface area contributed by atoms with Gasteiger partial charge in [-0.1, -0.05) is 44.2 Å². The van der Waals surface area contributed by atoms with Gasteiger partial charge in [-0.25, -0.2) is 0 Å². The Labute approximate surface area is 202 Å². The highest BCUT2D eigenvalue weighted by Gasteiger charge is 2.34. The average molecular weight is 486 g/mol. The Morgan fingerprint density at radius 3 is 2.57 bits per heavy atom. The lowest BCUT2D eigenvalue weighted by Gasteiger charge is -2.23. The molecule has 0 radical (unpaired) electrons. The van der Waals surface area contributed by atoms with Gasteiger partial charge in [0.1, 0.15) is 12.4 Å². The number of hydrogen-bond acceptors (Lipinski definition) is 2. The lowest BCUT2D eigenvalue weighted by atomic mass is 9.83. The fraction of sp³-hybridized carbons (Fsp3) is 0.464. The van der Waals surface area contributed by atoms with Crippen molar-refractivity contribution in [2.24, 2.45) is 5.92 Å². The molecule has 1 aliphatic carbocycles. The van der Waals surface area contributed by atoms with Gasteiger partial charge in [0.2, 0.25) is 0 Å². The van der Waals surface area contributed by atoms with E-state index < -0.39 is 17.7 Å². The van der Waals surface area contributed by atoms with Crippen LogP contribution in [0.2, 0.25) is 0 Å². The number of nitrogens with zero attached hydrogens (tertiary/aromatic N) is 1. The van der Waals surface area contributed by atoms with Crippen molar-refractivity contribution in [1.82, 2.24) is 4.57 Å². The first kappa shape index (κ1) is 23.8. The van der Waals surface area contributed by atoms with E-state index >= 15 is 0 Å². The predicted octanol–water partition coefficient (Wildman–Crippen LogP) is 7.32. The van der Waals surface area contributed by atoms with Gasteiger partial charge in [-0.15, -0.1) is 0 Å². The number of aromatic nitrogens is 1. The molecule has 0 saturated heterocycles. The third kappa shape index (κ3) is 5.19. The summed E-state index contributed by atoms with van der Waals surface area (Å²) in [6.07, 6.45) is 2.41. The van der Waals surface area contributed by atoms with Crippen LogP contribution in [-0.4, -0.2) is 15.6 Å². The topological polar surface area (TPSA) is 51.5 Å². The molecule has 2 aromatic carbocycles. The highest BCUT2D eigenvalue weighted by molar-refractivity contribution is 5.83. The van der Waals surface area contributed by atoms with E-state index in [4.69, 9.17) is 9.84 Å². The van der Waals surface area contributed by atoms with Crippen molar-refractivity contribution in [3.63, 3.8) is 0 Å². The van der Waals surface area contributed by atoms with Crippen LogP contribution in [0.25, 0.3) is 10.9 Å². The van der Waals surface area contributed by atoms with Gasteiger partial charge in [-0.2, -0.15) is 13.2 Å². The zero-order valence-electron chi connectivity index (χ0n) is 19.6. The fourth-order valence-electron chi connectivity index (χ4n) is 5.82. The van der Waals surface area contributed by atoms with Crippen molar-refractivity contribution in [3.05, 3.63) is 64.8 Å². The molecule has 0 unspecified atom stereocenters. The molecule has 0 spiro atoms. The van der Waals surface area contributed by atoms with Crippen molar-refractivity contribution in [2.45, 2.75) is 76.6 Å². The monoisotopic (exact) mass is 485 g/mol. The van der Waals surface area contributed by atoms with Crippen molar-refractivity contribution in [1.29, 1.82) is 0 Å². The third-order valence-electron chi connectivity index (χ3n) is 7.56. The fourth-order valence-corrected chi connectivity index (χ4v) is 5.82. The van der Waals surface area contributed by atoms with Crippen LogP contribution < -0.4 is 4.74 Å². The highest BCUT2D eigenvalue weighted by atomic mass is 19.4. The van der Waals surface area contributed by atoms with E-state index in [1.54, 1.807) is 12.1 Å². The number of ether oxygens (including phenoxy) is 1. The van der Waals surface area contributed by atoms with Crippen LogP contribution in [0.5, 0.6) is 5.75 Å². The molecule has 0 bridgehead atoms. The predicted molar refractivity (Wildman–Crippen MR) is 128 cm³/mol. The Hall–Kier alpha value is -2.96. The molecule has 1 aromatic heterocycles. The van der Waals surface area contributed by atoms with Crippen LogP contribution in [0.15, 0.2) is 42.5 Å². The van der Waals surface area contributed by atoms with Crippen molar-refractivity contribution in [3.8, 4) is 5.75 Å². The first-order valence-electron chi connectivity index (χ1n) is 12.4. The number of carboxylic acid groups (broad SMARTS) is 1. The maximum atomic E-state index is 13.8. The Kier molecular flexibility index (Phi) is 6.51. The molecule has 7 heteroatoms. The molecule has 3 aromatic rings. The number of benzene rings is 2. The van der Waals surface area contributed by atoms with Gasteiger partial charge < -0.3 is 14.4 Å². The second-order valence-corrected chi connectivity index (χ2v) is 10.0. The number of halogens is 3. The summed E-state index contributed by atoms with van der Waals surface area (Å²) in [6.45, 7) is 0.831. The van der Waals surface area contributed by atoms with Gasteiger partial charge in [-0.3, -0.25) is 4.79 Å². The summed E-state index contributed by atoms with van der Waals surface area (Å²) in [5.74, 6) is 0.104. The summed E-state index contributed by atoms with van der Waals surface area (Å²) < 4.78 is 49.5. The molecule has 4 nitrogen and oxygen atoms in total. The largest absolute Gasteiger partial charge is 0.489 e. The van der Waals surface area contributed by atoms with E-state index in [1.165, 1.54) is 12.5 Å². The molecule has 1 fully saturated rings. The number of aryl methyl sites for hydroxylation is 1. The van der Waals surface area contributed by atoms with Crippen LogP contribution >= 0.6 is 0 Å². The molecule has 1 saturated carbocycles. The summed E-state index contributed by atoms with van der Waals surface area (Å²) in [5.41, 5.74) is 2.36. The Bertz CT molecular complexity index is 1220. The van der Waals surface area contributed by atoms with Gasteiger partial charge in [0, 0.05) is 29.1 Å². The molecule has 1 N–H and O–H groups in total. The standard InChI is InChI=1S/C28H30F3NO3/c29-28(30,31)24-13-19(6-7-20(24)12-18-4-2-1-3-5-18)17-35-23-8-9-25-22(14-23)15-26-21(16-27(33)34)10-11-32(25)26/h6-9,13-15,18,21H,1-5,10-12,16-17H2,(H,33,34)/t21-/m0/s1. The molecule has 0 amide bonds. The first-order chi connectivity index (χ1) is 16.8. The average Bonchev–Trinajstić information content (AvgIpc) is 3.37. The molecule has 186 valence electrons. The van der Waals surface area contributed by atoms with Gasteiger partial charge in [0.05, 0.1) is 12.0 Å². The summed E-state index contributed by atoms with van der Waals surface area (Å²) in [7, 11) is 0. The quantitative estimate of drug-likeness (QED) is 0.381. The number of fused-ring (bicyclic) bond motifs is 3. The highest BCUT2D eigenvalue weighted by Crippen LogP contribution is 2.38. The molecule has 1 aliphatic heterocycles. The van der Waals surface area contributed by atoms with Crippen molar-refractivity contribution in [2.75, 3.05) is 0 Å². The smallest absolute Gasteiger partial charge is 0.416 e. The second kappa shape index (κ2) is 9.59. The summed E-state index contributed by atoms with van der Waals surface area (Å²) in [6, 6.07) is 12.2. The Morgan fingerprint density at radius 1 is 1.03 bits per heavy atom. The van der Waals surface area contributed by atoms with E-state index in [0.717, 1.165) is 55.2 Å². The van der Waals surface area contributed by atoms with Crippen LogP contribution in [-0.2, 0) is 30.5 Å². The van der Waals surface area contributed by atoms with Gasteiger partial charge in [-0.05, 0) is 60.2 Å². The normalized spacial score (nSPS) is 18.7. The lowest BCUT2D eigenvalue weighted by molar-refractivity contribution is -0.139. The molecular formula is C28H30F3NO3. The summed E-state index contributed by atoms with van der Waals surface area (Å²) in [5, 5.41) is 10.1. The molecule has 5 rings (SSSR count). The van der Waals surface area contributed by atoms with E-state index in [1.807, 2.05) is 24.3 Å². The van der Waals surface area contributed by atoms with Gasteiger partial charge >= 0.3 is 12.1 Å². The molecule has 2 aliphatic rings. The van der Waals surface area contributed by atoms with E-state index in [9.17, 15) is 18.0 Å². The zero-order valence-corrected chi connectivity index (χ0v) is 19.6. The second-order valence-electron chi connectivity index (χ2n) is 10.0. The van der Waals surface area contributed by atoms with Crippen molar-refractivity contribution >= 4 is 16.9 Å². The number of carboxylic acids is 1. The van der Waals surface area contributed by atoms with E-state index in [0.29, 0.717) is 29.2 Å². The molecule has 2 heterocycles. The minimum atomic E-state index is -4.39. The number of hydrogen-bond donors (Lipinski definition) is 1. The van der Waals surface area contributed by atoms with Gasteiger partial charge in [0.25, 0.3) is 0 Å². The van der Waals surface area contributed by atoms with Crippen molar-refractivity contribution < 1.29 is 27.8 Å². The SMILES string of the molecule is O=C(O)C[C@@H]1CCn2c1cc1cc(OCc3ccc(CC4CCCCC4)c(C(F)(F)F)c3)ccc12. The third-order valence-corrected chi connectivity index (χ3v) is 7.56. The summed E-state index contributed by atoms with van der Waals surface area (Å²) >= 11 is 0. The first-order valence-corrected chi connectivity index (χ1v) is 12.4. The Morgan fingerprint density at radius 2 is 1.83 bits per heavy atom. The Balaban J connectivity index is 1.31. The molecule has 1 atom stereocenters. The lowest BCUT2D eigenvalue weighted by Crippen LogP contribution is -2.15. The zero-order chi connectivity index (χ0) is 24.6. The van der Waals surface area contributed by atoms with Gasteiger partial charge in [0.15, 0.2) is 0 Å². The van der Waals surface area contributed by atoms with Crippen LogP contribution in [0.4, 0.5) is 13.2 Å². The maximum Gasteiger partial charge on any atom is 0.416 e. The number of carbonyl (C=O) groups is 1.